The van der Waals surface area contributed by atoms with Gasteiger partial charge in [0.05, 0.1) is 11.6 Å². The lowest BCUT2D eigenvalue weighted by molar-refractivity contribution is -0.144. The van der Waals surface area contributed by atoms with Crippen LogP contribution in [0.1, 0.15) is 45.4 Å². The van der Waals surface area contributed by atoms with Crippen LogP contribution >= 0.6 is 11.6 Å². The molecule has 1 rings (SSSR count). The number of benzene rings is 1. The maximum atomic E-state index is 11.6. The molecule has 0 heterocycles. The number of para-hydroxylation sites is 1. The number of ether oxygens (including phenoxy) is 2. The minimum atomic E-state index is -0.345. The Morgan fingerprint density at radius 2 is 1.71 bits per heavy atom. The van der Waals surface area contributed by atoms with E-state index in [0.717, 1.165) is 12.8 Å². The van der Waals surface area contributed by atoms with Gasteiger partial charge in [0.2, 0.25) is 0 Å². The van der Waals surface area contributed by atoms with Gasteiger partial charge in [-0.05, 0) is 31.4 Å². The van der Waals surface area contributed by atoms with E-state index < -0.39 is 0 Å². The first kappa shape index (κ1) is 17.5. The molecule has 0 saturated carbocycles. The first-order valence-corrected chi connectivity index (χ1v) is 7.62. The van der Waals surface area contributed by atoms with Crippen LogP contribution in [0, 0.1) is 0 Å². The monoisotopic (exact) mass is 312 g/mol. The quantitative estimate of drug-likeness (QED) is 0.390. The number of halogens is 1. The van der Waals surface area contributed by atoms with Crippen LogP contribution in [0.5, 0.6) is 5.75 Å². The lowest BCUT2D eigenvalue weighted by atomic mass is 10.2. The second-order valence-electron chi connectivity index (χ2n) is 4.69. The number of esters is 2. The second kappa shape index (κ2) is 10.2. The number of carbonyl (C=O) groups is 2. The van der Waals surface area contributed by atoms with Crippen LogP contribution in [0.25, 0.3) is 0 Å². The standard InChI is InChI=1S/C16H21ClO4/c1-2-3-12-20-15(18)10-6-7-11-16(19)21-14-9-5-4-8-13(14)17/h4-5,8-9H,2-3,6-7,10-12H2,1H3. The smallest absolute Gasteiger partial charge is 0.311 e. The van der Waals surface area contributed by atoms with E-state index in [-0.39, 0.29) is 18.4 Å². The lowest BCUT2D eigenvalue weighted by Gasteiger charge is -2.06. The molecular weight excluding hydrogens is 292 g/mol. The van der Waals surface area contributed by atoms with Crippen molar-refractivity contribution < 1.29 is 19.1 Å². The van der Waals surface area contributed by atoms with E-state index in [1.54, 1.807) is 24.3 Å². The fourth-order valence-corrected chi connectivity index (χ4v) is 1.82. The van der Waals surface area contributed by atoms with Gasteiger partial charge in [0.15, 0.2) is 0 Å². The van der Waals surface area contributed by atoms with Crippen molar-refractivity contribution in [2.24, 2.45) is 0 Å². The van der Waals surface area contributed by atoms with Gasteiger partial charge in [-0.15, -0.1) is 0 Å². The van der Waals surface area contributed by atoms with E-state index in [1.165, 1.54) is 0 Å². The van der Waals surface area contributed by atoms with Crippen molar-refractivity contribution in [3.8, 4) is 5.75 Å². The van der Waals surface area contributed by atoms with Gasteiger partial charge in [-0.25, -0.2) is 0 Å². The van der Waals surface area contributed by atoms with Gasteiger partial charge < -0.3 is 9.47 Å². The summed E-state index contributed by atoms with van der Waals surface area (Å²) in [5.74, 6) is -0.187. The van der Waals surface area contributed by atoms with Gasteiger partial charge in [0, 0.05) is 12.8 Å². The Balaban J connectivity index is 2.14. The van der Waals surface area contributed by atoms with Gasteiger partial charge in [-0.1, -0.05) is 37.1 Å². The summed E-state index contributed by atoms with van der Waals surface area (Å²) in [6.07, 6.45) is 3.68. The maximum absolute atomic E-state index is 11.6. The van der Waals surface area contributed by atoms with E-state index >= 15 is 0 Å². The number of hydrogen-bond acceptors (Lipinski definition) is 4. The fraction of sp³-hybridized carbons (Fsp3) is 0.500. The third kappa shape index (κ3) is 7.71. The molecule has 0 fully saturated rings. The predicted octanol–water partition coefficient (Wildman–Crippen LogP) is 4.15. The van der Waals surface area contributed by atoms with Gasteiger partial charge in [-0.3, -0.25) is 9.59 Å². The average Bonchev–Trinajstić information content (AvgIpc) is 2.46. The number of unbranched alkanes of at least 4 members (excludes halogenated alkanes) is 2. The zero-order valence-corrected chi connectivity index (χ0v) is 13.0. The Hall–Kier alpha value is -1.55. The molecule has 0 atom stereocenters. The van der Waals surface area contributed by atoms with E-state index in [0.29, 0.717) is 36.6 Å². The van der Waals surface area contributed by atoms with Crippen LogP contribution in [0.15, 0.2) is 24.3 Å². The Kier molecular flexibility index (Phi) is 8.51. The predicted molar refractivity (Wildman–Crippen MR) is 81.4 cm³/mol. The van der Waals surface area contributed by atoms with Crippen molar-refractivity contribution >= 4 is 23.5 Å². The molecule has 4 nitrogen and oxygen atoms in total. The summed E-state index contributed by atoms with van der Waals surface area (Å²) in [5.41, 5.74) is 0. The van der Waals surface area contributed by atoms with Crippen molar-refractivity contribution in [1.29, 1.82) is 0 Å². The number of hydrogen-bond donors (Lipinski definition) is 0. The Morgan fingerprint density at radius 3 is 2.38 bits per heavy atom. The maximum Gasteiger partial charge on any atom is 0.311 e. The normalized spacial score (nSPS) is 10.2. The number of rotatable bonds is 9. The molecule has 0 spiro atoms. The van der Waals surface area contributed by atoms with Crippen molar-refractivity contribution in [2.75, 3.05) is 6.61 Å². The van der Waals surface area contributed by atoms with Crippen molar-refractivity contribution in [3.05, 3.63) is 29.3 Å². The summed E-state index contributed by atoms with van der Waals surface area (Å²) in [6.45, 7) is 2.52. The zero-order valence-electron chi connectivity index (χ0n) is 12.3. The first-order valence-electron chi connectivity index (χ1n) is 7.24. The summed E-state index contributed by atoms with van der Waals surface area (Å²) in [4.78, 5) is 23.0. The fourth-order valence-electron chi connectivity index (χ4n) is 1.64. The molecule has 5 heteroatoms. The van der Waals surface area contributed by atoms with E-state index in [2.05, 4.69) is 0 Å². The molecule has 21 heavy (non-hydrogen) atoms. The molecule has 0 aliphatic carbocycles. The third-order valence-electron chi connectivity index (χ3n) is 2.83. The molecule has 0 radical (unpaired) electrons. The second-order valence-corrected chi connectivity index (χ2v) is 5.09. The molecule has 0 unspecified atom stereocenters. The Bertz CT molecular complexity index is 459. The SMILES string of the molecule is CCCCOC(=O)CCCCC(=O)Oc1ccccc1Cl. The highest BCUT2D eigenvalue weighted by atomic mass is 35.5. The highest BCUT2D eigenvalue weighted by molar-refractivity contribution is 6.32. The highest BCUT2D eigenvalue weighted by Crippen LogP contribution is 2.23. The van der Waals surface area contributed by atoms with Crippen LogP contribution in [0.3, 0.4) is 0 Å². The highest BCUT2D eigenvalue weighted by Gasteiger charge is 2.08. The van der Waals surface area contributed by atoms with Crippen LogP contribution in [0.2, 0.25) is 5.02 Å². The average molecular weight is 313 g/mol. The number of carbonyl (C=O) groups excluding carboxylic acids is 2. The van der Waals surface area contributed by atoms with Crippen LogP contribution in [0.4, 0.5) is 0 Å². The van der Waals surface area contributed by atoms with Crippen LogP contribution < -0.4 is 4.74 Å². The molecular formula is C16H21ClO4. The zero-order chi connectivity index (χ0) is 15.5. The summed E-state index contributed by atoms with van der Waals surface area (Å²) in [6, 6.07) is 6.83. The minimum absolute atomic E-state index is 0.206. The van der Waals surface area contributed by atoms with Crippen molar-refractivity contribution in [1.82, 2.24) is 0 Å². The van der Waals surface area contributed by atoms with Crippen molar-refractivity contribution in [2.45, 2.75) is 45.4 Å². The molecule has 0 aliphatic rings. The third-order valence-corrected chi connectivity index (χ3v) is 3.15. The van der Waals surface area contributed by atoms with E-state index in [1.807, 2.05) is 6.92 Å². The van der Waals surface area contributed by atoms with E-state index in [9.17, 15) is 9.59 Å². The largest absolute Gasteiger partial charge is 0.466 e. The molecule has 116 valence electrons. The van der Waals surface area contributed by atoms with Gasteiger partial charge in [0.25, 0.3) is 0 Å². The van der Waals surface area contributed by atoms with E-state index in [4.69, 9.17) is 21.1 Å². The van der Waals surface area contributed by atoms with Crippen LogP contribution in [-0.4, -0.2) is 18.5 Å². The molecule has 0 N–H and O–H groups in total. The molecule has 0 aromatic heterocycles. The Morgan fingerprint density at radius 1 is 1.05 bits per heavy atom. The topological polar surface area (TPSA) is 52.6 Å². The lowest BCUT2D eigenvalue weighted by Crippen LogP contribution is -2.09. The summed E-state index contributed by atoms with van der Waals surface area (Å²) >= 11 is 5.89. The minimum Gasteiger partial charge on any atom is -0.466 e. The van der Waals surface area contributed by atoms with Crippen LogP contribution in [-0.2, 0) is 14.3 Å². The summed E-state index contributed by atoms with van der Waals surface area (Å²) in [7, 11) is 0. The Labute approximate surface area is 130 Å². The van der Waals surface area contributed by atoms with Gasteiger partial charge in [-0.2, -0.15) is 0 Å². The summed E-state index contributed by atoms with van der Waals surface area (Å²) in [5, 5.41) is 0.408. The van der Waals surface area contributed by atoms with Crippen molar-refractivity contribution in [3.63, 3.8) is 0 Å². The molecule has 0 aliphatic heterocycles. The molecule has 0 saturated heterocycles. The first-order chi connectivity index (χ1) is 10.1. The molecule has 0 bridgehead atoms. The van der Waals surface area contributed by atoms with Gasteiger partial charge >= 0.3 is 11.9 Å². The molecule has 0 amide bonds. The molecule has 1 aromatic carbocycles. The van der Waals surface area contributed by atoms with Gasteiger partial charge in [0.1, 0.15) is 5.75 Å². The summed E-state index contributed by atoms with van der Waals surface area (Å²) < 4.78 is 10.2. The molecule has 1 aromatic rings.